The summed E-state index contributed by atoms with van der Waals surface area (Å²) in [6, 6.07) is 3.98. The predicted molar refractivity (Wildman–Crippen MR) is 86.7 cm³/mol. The first kappa shape index (κ1) is 15.9. The van der Waals surface area contributed by atoms with Crippen molar-refractivity contribution in [2.24, 2.45) is 0 Å². The van der Waals surface area contributed by atoms with Crippen molar-refractivity contribution in [2.75, 3.05) is 0 Å². The Kier molecular flexibility index (Phi) is 4.96. The molecule has 5 heteroatoms. The summed E-state index contributed by atoms with van der Waals surface area (Å²) in [5.74, 6) is 0.836. The zero-order chi connectivity index (χ0) is 15.5. The summed E-state index contributed by atoms with van der Waals surface area (Å²) in [6.45, 7) is 11.7. The summed E-state index contributed by atoms with van der Waals surface area (Å²) in [4.78, 5) is 9.97. The Balaban J connectivity index is 2.07. The lowest BCUT2D eigenvalue weighted by molar-refractivity contribution is 0.301. The highest BCUT2D eigenvalue weighted by Crippen LogP contribution is 2.21. The second-order valence-electron chi connectivity index (χ2n) is 6.14. The van der Waals surface area contributed by atoms with Crippen molar-refractivity contribution >= 4 is 11.3 Å². The van der Waals surface area contributed by atoms with Gasteiger partial charge in [-0.15, -0.1) is 11.3 Å². The van der Waals surface area contributed by atoms with Gasteiger partial charge in [0.05, 0.1) is 15.6 Å². The number of hydrogen-bond acceptors (Lipinski definition) is 5. The molecule has 0 fully saturated rings. The van der Waals surface area contributed by atoms with Gasteiger partial charge in [-0.2, -0.15) is 0 Å². The van der Waals surface area contributed by atoms with Crippen LogP contribution in [0.3, 0.4) is 0 Å². The number of pyridine rings is 1. The molecule has 2 heterocycles. The molecular formula is C16H23N3OS. The lowest BCUT2D eigenvalue weighted by atomic mass is 10.1. The zero-order valence-corrected chi connectivity index (χ0v) is 14.2. The molecule has 114 valence electrons. The standard InChI is InChI=1S/C16H23N3OS/c1-11-6-7-15(14(19-11)9-18-16(3,4)5)20-10-13-8-17-12(2)21-13/h6-8,18H,9-10H2,1-5H3. The molecule has 0 aromatic carbocycles. The fourth-order valence-corrected chi connectivity index (χ4v) is 2.53. The third-order valence-electron chi connectivity index (χ3n) is 2.90. The van der Waals surface area contributed by atoms with Gasteiger partial charge in [-0.05, 0) is 46.8 Å². The number of aryl methyl sites for hydroxylation is 2. The van der Waals surface area contributed by atoms with Gasteiger partial charge >= 0.3 is 0 Å². The molecule has 0 saturated carbocycles. The third kappa shape index (κ3) is 5.10. The van der Waals surface area contributed by atoms with Gasteiger partial charge in [0.1, 0.15) is 12.4 Å². The van der Waals surface area contributed by atoms with Gasteiger partial charge in [0.2, 0.25) is 0 Å². The minimum atomic E-state index is 0.0531. The topological polar surface area (TPSA) is 47.0 Å². The summed E-state index contributed by atoms with van der Waals surface area (Å²) in [6.07, 6.45) is 1.87. The molecule has 0 aliphatic heterocycles. The highest BCUT2D eigenvalue weighted by Gasteiger charge is 2.12. The van der Waals surface area contributed by atoms with E-state index < -0.39 is 0 Å². The van der Waals surface area contributed by atoms with E-state index in [1.165, 1.54) is 0 Å². The summed E-state index contributed by atoms with van der Waals surface area (Å²) < 4.78 is 5.92. The number of aromatic nitrogens is 2. The minimum Gasteiger partial charge on any atom is -0.486 e. The van der Waals surface area contributed by atoms with E-state index in [-0.39, 0.29) is 5.54 Å². The summed E-state index contributed by atoms with van der Waals surface area (Å²) in [7, 11) is 0. The maximum absolute atomic E-state index is 5.92. The minimum absolute atomic E-state index is 0.0531. The Bertz CT molecular complexity index is 602. The van der Waals surface area contributed by atoms with Crippen LogP contribution in [0.4, 0.5) is 0 Å². The van der Waals surface area contributed by atoms with Crippen LogP contribution in [0.25, 0.3) is 0 Å². The lowest BCUT2D eigenvalue weighted by Gasteiger charge is -2.21. The number of hydrogen-bond donors (Lipinski definition) is 1. The van der Waals surface area contributed by atoms with Gasteiger partial charge in [0, 0.05) is 24.0 Å². The summed E-state index contributed by atoms with van der Waals surface area (Å²) in [5, 5.41) is 4.52. The van der Waals surface area contributed by atoms with Crippen molar-refractivity contribution in [1.82, 2.24) is 15.3 Å². The highest BCUT2D eigenvalue weighted by atomic mass is 32.1. The molecule has 0 saturated heterocycles. The maximum atomic E-state index is 5.92. The molecule has 2 aromatic heterocycles. The number of ether oxygens (including phenoxy) is 1. The van der Waals surface area contributed by atoms with Crippen LogP contribution in [-0.4, -0.2) is 15.5 Å². The molecule has 0 unspecified atom stereocenters. The van der Waals surface area contributed by atoms with Crippen molar-refractivity contribution < 1.29 is 4.74 Å². The van der Waals surface area contributed by atoms with Gasteiger partial charge in [-0.3, -0.25) is 4.98 Å². The van der Waals surface area contributed by atoms with Gasteiger partial charge in [0.15, 0.2) is 0 Å². The molecule has 2 aromatic rings. The second kappa shape index (κ2) is 6.54. The van der Waals surface area contributed by atoms with E-state index in [0.29, 0.717) is 13.2 Å². The fraction of sp³-hybridized carbons (Fsp3) is 0.500. The summed E-state index contributed by atoms with van der Waals surface area (Å²) in [5.41, 5.74) is 2.00. The van der Waals surface area contributed by atoms with Crippen molar-refractivity contribution in [1.29, 1.82) is 0 Å². The van der Waals surface area contributed by atoms with Crippen molar-refractivity contribution in [3.8, 4) is 5.75 Å². The van der Waals surface area contributed by atoms with Crippen molar-refractivity contribution in [3.63, 3.8) is 0 Å². The average Bonchev–Trinajstić information content (AvgIpc) is 2.80. The first-order valence-corrected chi connectivity index (χ1v) is 7.91. The Morgan fingerprint density at radius 1 is 1.24 bits per heavy atom. The number of nitrogens with one attached hydrogen (secondary N) is 1. The highest BCUT2D eigenvalue weighted by molar-refractivity contribution is 7.11. The van der Waals surface area contributed by atoms with E-state index in [9.17, 15) is 0 Å². The molecule has 0 atom stereocenters. The molecule has 0 aliphatic carbocycles. The Morgan fingerprint density at radius 2 is 2.00 bits per heavy atom. The first-order valence-electron chi connectivity index (χ1n) is 7.09. The average molecular weight is 305 g/mol. The SMILES string of the molecule is Cc1ccc(OCc2cnc(C)s2)c(CNC(C)(C)C)n1. The Labute approximate surface area is 130 Å². The van der Waals surface area contributed by atoms with E-state index in [1.807, 2.05) is 32.2 Å². The van der Waals surface area contributed by atoms with E-state index >= 15 is 0 Å². The van der Waals surface area contributed by atoms with Gasteiger partial charge in [-0.1, -0.05) is 0 Å². The summed E-state index contributed by atoms with van der Waals surface area (Å²) >= 11 is 1.66. The van der Waals surface area contributed by atoms with Crippen LogP contribution < -0.4 is 10.1 Å². The quantitative estimate of drug-likeness (QED) is 0.916. The number of thiazole rings is 1. The molecule has 2 rings (SSSR count). The van der Waals surface area contributed by atoms with Gasteiger partial charge < -0.3 is 10.1 Å². The van der Waals surface area contributed by atoms with Crippen molar-refractivity contribution in [3.05, 3.63) is 39.6 Å². The van der Waals surface area contributed by atoms with Crippen LogP contribution >= 0.6 is 11.3 Å². The van der Waals surface area contributed by atoms with Gasteiger partial charge in [-0.25, -0.2) is 4.98 Å². The predicted octanol–water partition coefficient (Wildman–Crippen LogP) is 3.62. The van der Waals surface area contributed by atoms with Crippen LogP contribution in [-0.2, 0) is 13.2 Å². The molecule has 0 spiro atoms. The number of nitrogens with zero attached hydrogens (tertiary/aromatic N) is 2. The van der Waals surface area contributed by atoms with E-state index in [0.717, 1.165) is 27.0 Å². The Hall–Kier alpha value is -1.46. The molecule has 21 heavy (non-hydrogen) atoms. The van der Waals surface area contributed by atoms with E-state index in [4.69, 9.17) is 4.74 Å². The van der Waals surface area contributed by atoms with Crippen LogP contribution in [0.15, 0.2) is 18.3 Å². The lowest BCUT2D eigenvalue weighted by Crippen LogP contribution is -2.35. The molecule has 0 amide bonds. The largest absolute Gasteiger partial charge is 0.486 e. The fourth-order valence-electron chi connectivity index (χ4n) is 1.83. The molecular weight excluding hydrogens is 282 g/mol. The second-order valence-corrected chi connectivity index (χ2v) is 7.45. The molecule has 1 N–H and O–H groups in total. The van der Waals surface area contributed by atoms with E-state index in [1.54, 1.807) is 11.3 Å². The first-order chi connectivity index (χ1) is 9.83. The monoisotopic (exact) mass is 305 g/mol. The van der Waals surface area contributed by atoms with E-state index in [2.05, 4.69) is 36.1 Å². The third-order valence-corrected chi connectivity index (χ3v) is 3.78. The van der Waals surface area contributed by atoms with Crippen LogP contribution in [0.5, 0.6) is 5.75 Å². The number of rotatable bonds is 5. The Morgan fingerprint density at radius 3 is 2.62 bits per heavy atom. The van der Waals surface area contributed by atoms with Crippen molar-refractivity contribution in [2.45, 2.75) is 53.3 Å². The molecule has 0 aliphatic rings. The smallest absolute Gasteiger partial charge is 0.142 e. The molecule has 0 bridgehead atoms. The maximum Gasteiger partial charge on any atom is 0.142 e. The normalized spacial score (nSPS) is 11.7. The molecule has 0 radical (unpaired) electrons. The van der Waals surface area contributed by atoms with Crippen LogP contribution in [0.2, 0.25) is 0 Å². The van der Waals surface area contributed by atoms with Gasteiger partial charge in [0.25, 0.3) is 0 Å². The van der Waals surface area contributed by atoms with Crippen LogP contribution in [0, 0.1) is 13.8 Å². The molecule has 4 nitrogen and oxygen atoms in total. The van der Waals surface area contributed by atoms with Crippen LogP contribution in [0.1, 0.15) is 42.0 Å². The zero-order valence-electron chi connectivity index (χ0n) is 13.4.